The van der Waals surface area contributed by atoms with Gasteiger partial charge >= 0.3 is 0 Å². The second-order valence-corrected chi connectivity index (χ2v) is 4.67. The molecule has 4 rings (SSSR count). The highest BCUT2D eigenvalue weighted by Gasteiger charge is 2.10. The number of aromatic nitrogens is 1. The first kappa shape index (κ1) is 7.79. The molecule has 0 saturated carbocycles. The molecule has 0 spiro atoms. The lowest BCUT2D eigenvalue weighted by Crippen LogP contribution is -2.10. The van der Waals surface area contributed by atoms with Crippen LogP contribution in [0.2, 0.25) is 0 Å². The van der Waals surface area contributed by atoms with Crippen molar-refractivity contribution in [3.63, 3.8) is 0 Å². The summed E-state index contributed by atoms with van der Waals surface area (Å²) in [6.07, 6.45) is 0. The molecule has 2 nitrogen and oxygen atoms in total. The standard InChI is InChI=1S/C19H13NO/c21-19-15-10-4-6-12-17(15)20(14-8-2-1-3-9-14)18-13-7-5-11-16(18)19/h1-13H/i1D,2D,3D,8D,9D. The fourth-order valence-electron chi connectivity index (χ4n) is 2.59. The van der Waals surface area contributed by atoms with E-state index in [1.807, 2.05) is 0 Å². The SMILES string of the molecule is [2H]c1c([2H])c([2H])c(-n2c3ccccc3c(=O)c3ccccc32)c([2H])c1[2H]. The van der Waals surface area contributed by atoms with Crippen LogP contribution in [0.15, 0.2) is 83.5 Å². The van der Waals surface area contributed by atoms with Gasteiger partial charge in [0.1, 0.15) is 0 Å². The number of nitrogens with zero attached hydrogens (tertiary/aromatic N) is 1. The number of pyridine rings is 1. The molecule has 0 radical (unpaired) electrons. The maximum atomic E-state index is 12.8. The minimum atomic E-state index is -0.446. The van der Waals surface area contributed by atoms with E-state index >= 15 is 0 Å². The van der Waals surface area contributed by atoms with Crippen LogP contribution in [-0.4, -0.2) is 4.57 Å². The zero-order valence-electron chi connectivity index (χ0n) is 16.0. The van der Waals surface area contributed by atoms with Gasteiger partial charge in [0.25, 0.3) is 0 Å². The lowest BCUT2D eigenvalue weighted by Gasteiger charge is -2.15. The first-order valence-corrected chi connectivity index (χ1v) is 6.53. The molecular formula is C19H13NO. The van der Waals surface area contributed by atoms with Crippen molar-refractivity contribution in [2.45, 2.75) is 0 Å². The summed E-state index contributed by atoms with van der Waals surface area (Å²) in [5, 5.41) is 0.857. The molecule has 3 aromatic carbocycles. The van der Waals surface area contributed by atoms with Gasteiger partial charge in [0.2, 0.25) is 0 Å². The zero-order chi connectivity index (χ0) is 18.6. The van der Waals surface area contributed by atoms with Crippen LogP contribution < -0.4 is 5.43 Å². The second kappa shape index (κ2) is 4.60. The molecule has 100 valence electrons. The molecule has 0 saturated heterocycles. The summed E-state index contributed by atoms with van der Waals surface area (Å²) in [7, 11) is 0. The van der Waals surface area contributed by atoms with Crippen LogP contribution in [0, 0.1) is 0 Å². The Kier molecular flexibility index (Phi) is 1.71. The number of para-hydroxylation sites is 3. The van der Waals surface area contributed by atoms with E-state index in [-0.39, 0.29) is 23.2 Å². The van der Waals surface area contributed by atoms with Crippen molar-refractivity contribution >= 4 is 21.8 Å². The second-order valence-electron chi connectivity index (χ2n) is 4.67. The lowest BCUT2D eigenvalue weighted by molar-refractivity contribution is 1.16. The van der Waals surface area contributed by atoms with Gasteiger partial charge in [0.05, 0.1) is 17.9 Å². The Morgan fingerprint density at radius 3 is 1.86 bits per heavy atom. The summed E-state index contributed by atoms with van der Waals surface area (Å²) in [5.74, 6) is 0. The highest BCUT2D eigenvalue weighted by molar-refractivity contribution is 5.95. The van der Waals surface area contributed by atoms with Crippen molar-refractivity contribution in [2.24, 2.45) is 0 Å². The largest absolute Gasteiger partial charge is 0.309 e. The van der Waals surface area contributed by atoms with Crippen molar-refractivity contribution in [3.8, 4) is 5.69 Å². The van der Waals surface area contributed by atoms with E-state index in [0.29, 0.717) is 21.8 Å². The third-order valence-corrected chi connectivity index (χ3v) is 3.49. The van der Waals surface area contributed by atoms with Gasteiger partial charge in [0.15, 0.2) is 5.43 Å². The predicted octanol–water partition coefficient (Wildman–Crippen LogP) is 4.14. The Hall–Kier alpha value is -2.87. The van der Waals surface area contributed by atoms with Crippen molar-refractivity contribution in [1.82, 2.24) is 4.57 Å². The molecule has 1 aromatic heterocycles. The van der Waals surface area contributed by atoms with Gasteiger partial charge in [-0.05, 0) is 36.4 Å². The van der Waals surface area contributed by atoms with Gasteiger partial charge in [0, 0.05) is 16.5 Å². The van der Waals surface area contributed by atoms with Gasteiger partial charge < -0.3 is 4.57 Å². The molecule has 21 heavy (non-hydrogen) atoms. The predicted molar refractivity (Wildman–Crippen MR) is 87.1 cm³/mol. The molecule has 0 bridgehead atoms. The molecule has 0 fully saturated rings. The topological polar surface area (TPSA) is 22.0 Å². The highest BCUT2D eigenvalue weighted by Crippen LogP contribution is 2.23. The van der Waals surface area contributed by atoms with E-state index in [9.17, 15) is 4.79 Å². The molecule has 0 amide bonds. The minimum Gasteiger partial charge on any atom is -0.309 e. The third kappa shape index (κ3) is 1.77. The van der Waals surface area contributed by atoms with Crippen LogP contribution in [0.25, 0.3) is 27.5 Å². The zero-order valence-corrected chi connectivity index (χ0v) is 11.0. The molecule has 0 atom stereocenters. The first-order chi connectivity index (χ1) is 12.4. The first-order valence-electron chi connectivity index (χ1n) is 9.03. The summed E-state index contributed by atoms with van der Waals surface area (Å²) in [6, 6.07) is 11.9. The van der Waals surface area contributed by atoms with Crippen LogP contribution in [0.3, 0.4) is 0 Å². The fraction of sp³-hybridized carbons (Fsp3) is 0. The van der Waals surface area contributed by atoms with Gasteiger partial charge in [-0.15, -0.1) is 0 Å². The molecule has 2 heteroatoms. The third-order valence-electron chi connectivity index (χ3n) is 3.49. The number of hydrogen-bond acceptors (Lipinski definition) is 1. The molecule has 0 N–H and O–H groups in total. The smallest absolute Gasteiger partial charge is 0.197 e. The molecular weight excluding hydrogens is 258 g/mol. The summed E-state index contributed by atoms with van der Waals surface area (Å²) >= 11 is 0. The van der Waals surface area contributed by atoms with Crippen molar-refractivity contribution < 1.29 is 6.85 Å². The Bertz CT molecular complexity index is 1170. The van der Waals surface area contributed by atoms with Crippen molar-refractivity contribution in [1.29, 1.82) is 0 Å². The number of benzene rings is 3. The molecule has 0 unspecified atom stereocenters. The van der Waals surface area contributed by atoms with E-state index < -0.39 is 18.1 Å². The molecule has 0 aliphatic rings. The summed E-state index contributed by atoms with van der Waals surface area (Å²) < 4.78 is 41.9. The Balaban J connectivity index is 2.34. The lowest BCUT2D eigenvalue weighted by atomic mass is 10.1. The van der Waals surface area contributed by atoms with Crippen molar-refractivity contribution in [2.75, 3.05) is 0 Å². The van der Waals surface area contributed by atoms with Crippen LogP contribution in [0.4, 0.5) is 0 Å². The average molecular weight is 276 g/mol. The number of fused-ring (bicyclic) bond motifs is 2. The Morgan fingerprint density at radius 1 is 0.762 bits per heavy atom. The Morgan fingerprint density at radius 2 is 1.29 bits per heavy atom. The Labute approximate surface area is 128 Å². The average Bonchev–Trinajstić information content (AvgIpc) is 2.67. The molecule has 0 aliphatic heterocycles. The fourth-order valence-corrected chi connectivity index (χ4v) is 2.59. The molecule has 0 aliphatic carbocycles. The quantitative estimate of drug-likeness (QED) is 0.479. The van der Waals surface area contributed by atoms with Gasteiger partial charge in [-0.3, -0.25) is 4.79 Å². The maximum absolute atomic E-state index is 12.8. The molecule has 4 aromatic rings. The van der Waals surface area contributed by atoms with Crippen LogP contribution in [0.1, 0.15) is 6.85 Å². The van der Waals surface area contributed by atoms with E-state index in [4.69, 9.17) is 6.85 Å². The summed E-state index contributed by atoms with van der Waals surface area (Å²) in [5.41, 5.74) is 0.868. The van der Waals surface area contributed by atoms with Crippen molar-refractivity contribution in [3.05, 3.63) is 89.0 Å². The molecule has 1 heterocycles. The summed E-state index contributed by atoms with van der Waals surface area (Å²) in [6.45, 7) is 0. The number of rotatable bonds is 1. The van der Waals surface area contributed by atoms with Gasteiger partial charge in [-0.2, -0.15) is 0 Å². The van der Waals surface area contributed by atoms with E-state index in [1.165, 1.54) is 0 Å². The van der Waals surface area contributed by atoms with E-state index in [2.05, 4.69) is 0 Å². The highest BCUT2D eigenvalue weighted by atomic mass is 16.1. The number of hydrogen-bond donors (Lipinski definition) is 0. The monoisotopic (exact) mass is 276 g/mol. The normalized spacial score (nSPS) is 14.4. The van der Waals surface area contributed by atoms with E-state index in [0.717, 1.165) is 0 Å². The van der Waals surface area contributed by atoms with Crippen LogP contribution in [-0.2, 0) is 0 Å². The summed E-state index contributed by atoms with van der Waals surface area (Å²) in [4.78, 5) is 12.8. The van der Waals surface area contributed by atoms with Crippen LogP contribution >= 0.6 is 0 Å². The van der Waals surface area contributed by atoms with Gasteiger partial charge in [-0.1, -0.05) is 42.4 Å². The van der Waals surface area contributed by atoms with E-state index in [1.54, 1.807) is 53.1 Å². The minimum absolute atomic E-state index is 0.0309. The van der Waals surface area contributed by atoms with Crippen LogP contribution in [0.5, 0.6) is 0 Å². The van der Waals surface area contributed by atoms with Gasteiger partial charge in [-0.25, -0.2) is 0 Å². The maximum Gasteiger partial charge on any atom is 0.197 e.